The van der Waals surface area contributed by atoms with Crippen molar-refractivity contribution in [1.82, 2.24) is 19.7 Å². The number of hydrogen-bond donors (Lipinski definition) is 1. The molecule has 0 spiro atoms. The lowest BCUT2D eigenvalue weighted by molar-refractivity contribution is -0.137. The van der Waals surface area contributed by atoms with Gasteiger partial charge in [-0.15, -0.1) is 0 Å². The maximum Gasteiger partial charge on any atom is 0.416 e. The molecular formula is C19H16F4N4O. The number of nitrogens with one attached hydrogen (secondary N) is 1. The maximum absolute atomic E-state index is 12.8. The number of hydrogen-bond acceptors (Lipinski definition) is 3. The van der Waals surface area contributed by atoms with Crippen LogP contribution in [0.3, 0.4) is 0 Å². The average molecular weight is 392 g/mol. The molecule has 28 heavy (non-hydrogen) atoms. The monoisotopic (exact) mass is 392 g/mol. The summed E-state index contributed by atoms with van der Waals surface area (Å²) in [5.41, 5.74) is 1.78. The van der Waals surface area contributed by atoms with E-state index in [1.807, 2.05) is 0 Å². The number of alkyl halides is 4. The molecule has 0 atom stereocenters. The Balaban J connectivity index is 1.96. The van der Waals surface area contributed by atoms with Crippen LogP contribution in [-0.2, 0) is 17.5 Å². The number of nitrogens with zero attached hydrogens (tertiary/aromatic N) is 3. The highest BCUT2D eigenvalue weighted by molar-refractivity contribution is 5.87. The molecule has 1 N–H and O–H groups in total. The number of rotatable bonds is 5. The van der Waals surface area contributed by atoms with Crippen LogP contribution in [-0.4, -0.2) is 27.0 Å². The molecule has 3 rings (SSSR count). The molecule has 0 radical (unpaired) electrons. The van der Waals surface area contributed by atoms with Crippen molar-refractivity contribution in [3.05, 3.63) is 65.8 Å². The molecule has 0 unspecified atom stereocenters. The Kier molecular flexibility index (Phi) is 5.43. The quantitative estimate of drug-likeness (QED) is 0.530. The Morgan fingerprint density at radius 3 is 2.54 bits per heavy atom. The molecule has 5 nitrogen and oxygen atoms in total. The van der Waals surface area contributed by atoms with Crippen LogP contribution in [0, 0.1) is 6.92 Å². The van der Waals surface area contributed by atoms with Gasteiger partial charge in [0.25, 0.3) is 0 Å². The molecule has 2 heterocycles. The van der Waals surface area contributed by atoms with Gasteiger partial charge in [-0.2, -0.15) is 13.2 Å². The first-order valence-electron chi connectivity index (χ1n) is 8.31. The van der Waals surface area contributed by atoms with Gasteiger partial charge in [0.1, 0.15) is 12.4 Å². The molecule has 3 aromatic rings. The van der Waals surface area contributed by atoms with E-state index in [1.165, 1.54) is 12.1 Å². The van der Waals surface area contributed by atoms with E-state index in [4.69, 9.17) is 0 Å². The second-order valence-corrected chi connectivity index (χ2v) is 6.04. The number of aromatic nitrogens is 3. The van der Waals surface area contributed by atoms with Crippen LogP contribution in [0.5, 0.6) is 0 Å². The molecule has 9 heteroatoms. The van der Waals surface area contributed by atoms with Gasteiger partial charge < -0.3 is 9.72 Å². The third-order valence-corrected chi connectivity index (χ3v) is 3.90. The van der Waals surface area contributed by atoms with Crippen LogP contribution in [0.15, 0.2) is 48.8 Å². The summed E-state index contributed by atoms with van der Waals surface area (Å²) in [5.74, 6) is -0.475. The average Bonchev–Trinajstić information content (AvgIpc) is 3.03. The first kappa shape index (κ1) is 19.5. The second-order valence-electron chi connectivity index (χ2n) is 6.04. The van der Waals surface area contributed by atoms with Gasteiger partial charge in [0, 0.05) is 24.0 Å². The van der Waals surface area contributed by atoms with Crippen molar-refractivity contribution >= 4 is 11.6 Å². The van der Waals surface area contributed by atoms with Crippen LogP contribution in [0.4, 0.5) is 17.6 Å². The molecule has 0 fully saturated rings. The van der Waals surface area contributed by atoms with Crippen molar-refractivity contribution in [3.63, 3.8) is 0 Å². The Morgan fingerprint density at radius 1 is 1.18 bits per heavy atom. The van der Waals surface area contributed by atoms with E-state index < -0.39 is 24.3 Å². The standard InChI is InChI=1S/C19H16F4N4O/c1-12-10-27-11-15(9-24-16(28)3-2-8-20)26-17(18(27)25-12)13-4-6-14(7-5-13)19(21,22)23/h2-7,10-11H,8-9H2,1H3,(H,24,28)/b3-2+. The van der Waals surface area contributed by atoms with Gasteiger partial charge in [-0.05, 0) is 25.1 Å². The van der Waals surface area contributed by atoms with E-state index in [1.54, 1.807) is 23.7 Å². The van der Waals surface area contributed by atoms with E-state index >= 15 is 0 Å². The predicted octanol–water partition coefficient (Wildman–Crippen LogP) is 3.87. The molecule has 1 amide bonds. The van der Waals surface area contributed by atoms with Crippen molar-refractivity contribution in [2.75, 3.05) is 6.67 Å². The summed E-state index contributed by atoms with van der Waals surface area (Å²) in [7, 11) is 0. The van der Waals surface area contributed by atoms with Gasteiger partial charge in [0.2, 0.25) is 5.91 Å². The summed E-state index contributed by atoms with van der Waals surface area (Å²) in [5, 5.41) is 2.58. The van der Waals surface area contributed by atoms with Gasteiger partial charge in [-0.25, -0.2) is 14.4 Å². The SMILES string of the molecule is Cc1cn2cc(CNC(=O)/C=C/CF)nc(-c3ccc(C(F)(F)F)cc3)c2n1. The summed E-state index contributed by atoms with van der Waals surface area (Å²) < 4.78 is 52.2. The Morgan fingerprint density at radius 2 is 1.89 bits per heavy atom. The summed E-state index contributed by atoms with van der Waals surface area (Å²) in [6.07, 6.45) is 1.15. The highest BCUT2D eigenvalue weighted by atomic mass is 19.4. The minimum Gasteiger partial charge on any atom is -0.347 e. The van der Waals surface area contributed by atoms with Crippen molar-refractivity contribution in [3.8, 4) is 11.3 Å². The van der Waals surface area contributed by atoms with Crippen LogP contribution >= 0.6 is 0 Å². The smallest absolute Gasteiger partial charge is 0.347 e. The van der Waals surface area contributed by atoms with Crippen LogP contribution in [0.2, 0.25) is 0 Å². The van der Waals surface area contributed by atoms with Gasteiger partial charge in [0.05, 0.1) is 23.5 Å². The molecule has 0 aliphatic heterocycles. The first-order valence-corrected chi connectivity index (χ1v) is 8.31. The molecule has 1 aromatic carbocycles. The van der Waals surface area contributed by atoms with E-state index in [0.29, 0.717) is 28.3 Å². The molecule has 2 aromatic heterocycles. The van der Waals surface area contributed by atoms with Crippen molar-refractivity contribution < 1.29 is 22.4 Å². The molecule has 0 aliphatic rings. The highest BCUT2D eigenvalue weighted by Crippen LogP contribution is 2.31. The number of carbonyl (C=O) groups is 1. The summed E-state index contributed by atoms with van der Waals surface area (Å²) in [6, 6.07) is 4.64. The number of allylic oxidation sites excluding steroid dienone is 1. The highest BCUT2D eigenvalue weighted by Gasteiger charge is 2.30. The minimum atomic E-state index is -4.43. The zero-order valence-electron chi connectivity index (χ0n) is 14.8. The second kappa shape index (κ2) is 7.79. The number of aryl methyl sites for hydroxylation is 1. The van der Waals surface area contributed by atoms with Gasteiger partial charge in [-0.1, -0.05) is 12.1 Å². The fourth-order valence-corrected chi connectivity index (χ4v) is 2.66. The normalized spacial score (nSPS) is 12.0. The Labute approximate surface area is 157 Å². The van der Waals surface area contributed by atoms with Crippen molar-refractivity contribution in [2.45, 2.75) is 19.6 Å². The Hall–Kier alpha value is -3.23. The summed E-state index contributed by atoms with van der Waals surface area (Å²) in [6.45, 7) is 1.10. The topological polar surface area (TPSA) is 59.3 Å². The third kappa shape index (κ3) is 4.36. The minimum absolute atomic E-state index is 0.0657. The predicted molar refractivity (Wildman–Crippen MR) is 95.1 cm³/mol. The zero-order chi connectivity index (χ0) is 20.3. The van der Waals surface area contributed by atoms with Crippen molar-refractivity contribution in [1.29, 1.82) is 0 Å². The first-order chi connectivity index (χ1) is 13.3. The maximum atomic E-state index is 12.8. The largest absolute Gasteiger partial charge is 0.416 e. The van der Waals surface area contributed by atoms with Crippen molar-refractivity contribution in [2.24, 2.45) is 0 Å². The molecule has 0 bridgehead atoms. The van der Waals surface area contributed by atoms with Crippen LogP contribution in [0.25, 0.3) is 16.9 Å². The van der Waals surface area contributed by atoms with E-state index in [2.05, 4.69) is 15.3 Å². The molecule has 0 aliphatic carbocycles. The fraction of sp³-hybridized carbons (Fsp3) is 0.211. The number of benzene rings is 1. The van der Waals surface area contributed by atoms with Gasteiger partial charge >= 0.3 is 6.18 Å². The number of amides is 1. The number of carbonyl (C=O) groups excluding carboxylic acids is 1. The van der Waals surface area contributed by atoms with E-state index in [9.17, 15) is 22.4 Å². The van der Waals surface area contributed by atoms with E-state index in [0.717, 1.165) is 24.3 Å². The van der Waals surface area contributed by atoms with Gasteiger partial charge in [0.15, 0.2) is 5.65 Å². The molecular weight excluding hydrogens is 376 g/mol. The molecule has 146 valence electrons. The zero-order valence-corrected chi connectivity index (χ0v) is 14.8. The number of halogens is 4. The van der Waals surface area contributed by atoms with Crippen LogP contribution in [0.1, 0.15) is 17.0 Å². The van der Waals surface area contributed by atoms with E-state index in [-0.39, 0.29) is 6.54 Å². The van der Waals surface area contributed by atoms with Crippen LogP contribution < -0.4 is 5.32 Å². The number of imidazole rings is 1. The lowest BCUT2D eigenvalue weighted by Gasteiger charge is -2.10. The number of fused-ring (bicyclic) bond motifs is 1. The summed E-state index contributed by atoms with van der Waals surface area (Å²) >= 11 is 0. The molecule has 0 saturated heterocycles. The lowest BCUT2D eigenvalue weighted by Crippen LogP contribution is -2.21. The summed E-state index contributed by atoms with van der Waals surface area (Å²) in [4.78, 5) is 20.4. The lowest BCUT2D eigenvalue weighted by atomic mass is 10.1. The Bertz CT molecular complexity index is 1020. The molecule has 0 saturated carbocycles. The fourth-order valence-electron chi connectivity index (χ4n) is 2.66. The van der Waals surface area contributed by atoms with Gasteiger partial charge in [-0.3, -0.25) is 4.79 Å². The third-order valence-electron chi connectivity index (χ3n) is 3.90.